The van der Waals surface area contributed by atoms with E-state index in [4.69, 9.17) is 0 Å². The number of rotatable bonds is 1. The van der Waals surface area contributed by atoms with Crippen LogP contribution < -0.4 is 0 Å². The molecule has 1 aromatic rings. The zero-order valence-electron chi connectivity index (χ0n) is 8.79. The summed E-state index contributed by atoms with van der Waals surface area (Å²) in [5.74, 6) is 0.415. The van der Waals surface area contributed by atoms with Crippen molar-refractivity contribution in [2.75, 3.05) is 0 Å². The summed E-state index contributed by atoms with van der Waals surface area (Å²) in [5.41, 5.74) is 2.82. The molecule has 0 radical (unpaired) electrons. The van der Waals surface area contributed by atoms with Gasteiger partial charge in [0.25, 0.3) is 0 Å². The highest BCUT2D eigenvalue weighted by molar-refractivity contribution is 5.49. The monoisotopic (exact) mass is 204 g/mol. The van der Waals surface area contributed by atoms with E-state index in [9.17, 15) is 10.2 Å². The predicted octanol–water partition coefficient (Wildman–Crippen LogP) is 2.25. The number of aliphatic hydroxyl groups is 1. The molecule has 2 nitrogen and oxygen atoms in total. The van der Waals surface area contributed by atoms with Gasteiger partial charge in [-0.1, -0.05) is 6.07 Å². The molecule has 0 unspecified atom stereocenters. The third kappa shape index (κ3) is 1.36. The zero-order chi connectivity index (χ0) is 10.5. The van der Waals surface area contributed by atoms with E-state index in [-0.39, 0.29) is 0 Å². The Bertz CT molecular complexity index is 405. The van der Waals surface area contributed by atoms with Crippen LogP contribution in [0.25, 0.3) is 0 Å². The molecule has 0 saturated heterocycles. The average molecular weight is 204 g/mol. The molecule has 0 spiro atoms. The molecule has 0 amide bonds. The number of phenols is 1. The number of fused-ring (bicyclic) bond motifs is 1. The molecule has 1 aromatic carbocycles. The minimum Gasteiger partial charge on any atom is -0.508 e. The minimum absolute atomic E-state index is 0.415. The van der Waals surface area contributed by atoms with Crippen LogP contribution in [0.3, 0.4) is 0 Å². The lowest BCUT2D eigenvalue weighted by molar-refractivity contribution is 0.150. The van der Waals surface area contributed by atoms with Crippen molar-refractivity contribution < 1.29 is 10.2 Å². The quantitative estimate of drug-likeness (QED) is 0.736. The zero-order valence-corrected chi connectivity index (χ0v) is 8.79. The van der Waals surface area contributed by atoms with E-state index in [0.717, 1.165) is 43.2 Å². The lowest BCUT2D eigenvalue weighted by atomic mass is 9.85. The minimum atomic E-state index is -0.560. The molecule has 15 heavy (non-hydrogen) atoms. The van der Waals surface area contributed by atoms with Gasteiger partial charge in [0.15, 0.2) is 0 Å². The summed E-state index contributed by atoms with van der Waals surface area (Å²) in [6, 6.07) is 3.66. The summed E-state index contributed by atoms with van der Waals surface area (Å²) < 4.78 is 0. The van der Waals surface area contributed by atoms with Crippen LogP contribution in [-0.4, -0.2) is 10.2 Å². The van der Waals surface area contributed by atoms with Gasteiger partial charge in [-0.05, 0) is 61.3 Å². The van der Waals surface area contributed by atoms with Crippen LogP contribution in [0.4, 0.5) is 0 Å². The number of phenolic OH excluding ortho intramolecular Hbond substituents is 1. The van der Waals surface area contributed by atoms with Crippen molar-refractivity contribution in [1.29, 1.82) is 0 Å². The van der Waals surface area contributed by atoms with Crippen molar-refractivity contribution >= 4 is 0 Å². The molecule has 80 valence electrons. The summed E-state index contributed by atoms with van der Waals surface area (Å²) in [5, 5.41) is 20.0. The smallest absolute Gasteiger partial charge is 0.119 e. The first-order valence-corrected chi connectivity index (χ1v) is 5.77. The molecule has 0 aliphatic heterocycles. The van der Waals surface area contributed by atoms with E-state index in [1.54, 1.807) is 6.07 Å². The molecule has 0 heterocycles. The Kier molecular flexibility index (Phi) is 1.84. The summed E-state index contributed by atoms with van der Waals surface area (Å²) in [4.78, 5) is 0. The van der Waals surface area contributed by atoms with Crippen molar-refractivity contribution in [3.8, 4) is 5.75 Å². The number of aromatic hydroxyl groups is 1. The molecule has 0 atom stereocenters. The van der Waals surface area contributed by atoms with Crippen LogP contribution in [0.15, 0.2) is 12.1 Å². The Balaban J connectivity index is 2.15. The molecule has 0 aromatic heterocycles. The first kappa shape index (κ1) is 9.22. The van der Waals surface area contributed by atoms with Crippen molar-refractivity contribution in [1.82, 2.24) is 0 Å². The van der Waals surface area contributed by atoms with Crippen molar-refractivity contribution in [2.45, 2.75) is 44.1 Å². The Hall–Kier alpha value is -1.02. The van der Waals surface area contributed by atoms with Crippen molar-refractivity contribution in [3.63, 3.8) is 0 Å². The molecule has 1 saturated carbocycles. The molecular formula is C13H16O2. The Morgan fingerprint density at radius 1 is 1.00 bits per heavy atom. The first-order chi connectivity index (χ1) is 7.21. The van der Waals surface area contributed by atoms with E-state index in [1.165, 1.54) is 12.0 Å². The Labute approximate surface area is 89.6 Å². The molecule has 1 fully saturated rings. The molecule has 3 rings (SSSR count). The van der Waals surface area contributed by atoms with Gasteiger partial charge in [0.2, 0.25) is 0 Å². The molecule has 2 aliphatic rings. The molecule has 2 N–H and O–H groups in total. The van der Waals surface area contributed by atoms with E-state index < -0.39 is 5.60 Å². The lowest BCUT2D eigenvalue weighted by Crippen LogP contribution is -2.13. The van der Waals surface area contributed by atoms with Gasteiger partial charge < -0.3 is 10.2 Å². The lowest BCUT2D eigenvalue weighted by Gasteiger charge is -2.23. The normalized spacial score (nSPS) is 22.2. The van der Waals surface area contributed by atoms with Crippen LogP contribution in [0.5, 0.6) is 5.75 Å². The van der Waals surface area contributed by atoms with Crippen LogP contribution in [0.2, 0.25) is 0 Å². The standard InChI is InChI=1S/C13H16O2/c14-12-6-5-11(13(15)7-8-13)9-3-1-2-4-10(9)12/h5-6,14-15H,1-4,7-8H2. The highest BCUT2D eigenvalue weighted by atomic mass is 16.3. The fourth-order valence-corrected chi connectivity index (χ4v) is 2.67. The maximum absolute atomic E-state index is 10.2. The maximum Gasteiger partial charge on any atom is 0.119 e. The van der Waals surface area contributed by atoms with Gasteiger partial charge >= 0.3 is 0 Å². The second-order valence-electron chi connectivity index (χ2n) is 4.83. The van der Waals surface area contributed by atoms with Crippen molar-refractivity contribution in [3.05, 3.63) is 28.8 Å². The van der Waals surface area contributed by atoms with Gasteiger partial charge in [0, 0.05) is 0 Å². The van der Waals surface area contributed by atoms with Gasteiger partial charge in [-0.2, -0.15) is 0 Å². The summed E-state index contributed by atoms with van der Waals surface area (Å²) in [6.07, 6.45) is 6.07. The fraction of sp³-hybridized carbons (Fsp3) is 0.538. The highest BCUT2D eigenvalue weighted by Crippen LogP contribution is 2.49. The number of benzene rings is 1. The summed E-state index contributed by atoms with van der Waals surface area (Å²) in [7, 11) is 0. The van der Waals surface area contributed by atoms with E-state index in [0.29, 0.717) is 5.75 Å². The van der Waals surface area contributed by atoms with Crippen LogP contribution >= 0.6 is 0 Å². The average Bonchev–Trinajstić information content (AvgIpc) is 2.98. The van der Waals surface area contributed by atoms with Gasteiger partial charge in [0.1, 0.15) is 5.75 Å². The Morgan fingerprint density at radius 3 is 2.33 bits per heavy atom. The van der Waals surface area contributed by atoms with Gasteiger partial charge in [-0.25, -0.2) is 0 Å². The fourth-order valence-electron chi connectivity index (χ4n) is 2.67. The topological polar surface area (TPSA) is 40.5 Å². The second-order valence-corrected chi connectivity index (χ2v) is 4.83. The van der Waals surface area contributed by atoms with Gasteiger partial charge in [-0.15, -0.1) is 0 Å². The molecular weight excluding hydrogens is 188 g/mol. The van der Waals surface area contributed by atoms with Crippen LogP contribution in [0, 0.1) is 0 Å². The van der Waals surface area contributed by atoms with E-state index >= 15 is 0 Å². The maximum atomic E-state index is 10.2. The van der Waals surface area contributed by atoms with E-state index in [1.807, 2.05) is 6.07 Å². The molecule has 0 bridgehead atoms. The summed E-state index contributed by atoms with van der Waals surface area (Å²) in [6.45, 7) is 0. The van der Waals surface area contributed by atoms with Gasteiger partial charge in [0.05, 0.1) is 5.60 Å². The SMILES string of the molecule is Oc1ccc(C2(O)CC2)c2c1CCCC2. The highest BCUT2D eigenvalue weighted by Gasteiger charge is 2.44. The first-order valence-electron chi connectivity index (χ1n) is 5.77. The third-order valence-corrected chi connectivity index (χ3v) is 3.73. The van der Waals surface area contributed by atoms with Gasteiger partial charge in [-0.3, -0.25) is 0 Å². The number of hydrogen-bond donors (Lipinski definition) is 2. The largest absolute Gasteiger partial charge is 0.508 e. The van der Waals surface area contributed by atoms with Crippen LogP contribution in [0.1, 0.15) is 42.4 Å². The third-order valence-electron chi connectivity index (χ3n) is 3.73. The number of hydrogen-bond acceptors (Lipinski definition) is 2. The second kappa shape index (κ2) is 2.99. The van der Waals surface area contributed by atoms with E-state index in [2.05, 4.69) is 0 Å². The van der Waals surface area contributed by atoms with Crippen molar-refractivity contribution in [2.24, 2.45) is 0 Å². The molecule has 2 heteroatoms. The van der Waals surface area contributed by atoms with Crippen LogP contribution in [-0.2, 0) is 18.4 Å². The Morgan fingerprint density at radius 2 is 1.67 bits per heavy atom. The predicted molar refractivity (Wildman–Crippen MR) is 57.9 cm³/mol. The molecule has 2 aliphatic carbocycles. The summed E-state index contributed by atoms with van der Waals surface area (Å²) >= 11 is 0.